The summed E-state index contributed by atoms with van der Waals surface area (Å²) >= 11 is 6.73. The first-order valence-electron chi connectivity index (χ1n) is 15.1. The first kappa shape index (κ1) is 34.1. The summed E-state index contributed by atoms with van der Waals surface area (Å²) in [4.78, 5) is 41.3. The molecule has 4 bridgehead atoms. The lowest BCUT2D eigenvalue weighted by Crippen LogP contribution is -2.63. The summed E-state index contributed by atoms with van der Waals surface area (Å²) in [5.74, 6) is -1.05. The Kier molecular flexibility index (Phi) is 10.3. The Balaban J connectivity index is 1.78. The highest BCUT2D eigenvalue weighted by Gasteiger charge is 2.63. The van der Waals surface area contributed by atoms with Gasteiger partial charge in [0, 0.05) is 45.3 Å². The van der Waals surface area contributed by atoms with Gasteiger partial charge in [-0.2, -0.15) is 0 Å². The number of benzene rings is 1. The van der Waals surface area contributed by atoms with E-state index in [2.05, 4.69) is 10.6 Å². The zero-order valence-electron chi connectivity index (χ0n) is 26.9. The molecular weight excluding hydrogens is 586 g/mol. The maximum atomic E-state index is 13.9. The van der Waals surface area contributed by atoms with Crippen LogP contribution in [0.4, 0.5) is 10.5 Å². The number of halogens is 1. The number of ether oxygens (including phenoxy) is 3. The van der Waals surface area contributed by atoms with E-state index in [-0.39, 0.29) is 36.9 Å². The van der Waals surface area contributed by atoms with Gasteiger partial charge in [-0.1, -0.05) is 48.4 Å². The fraction of sp³-hybridized carbons (Fsp3) is 0.606. The Bertz CT molecular complexity index is 1350. The highest BCUT2D eigenvalue weighted by molar-refractivity contribution is 6.34. The van der Waals surface area contributed by atoms with Gasteiger partial charge in [0.2, 0.25) is 5.91 Å². The third-order valence-electron chi connectivity index (χ3n) is 9.54. The number of aryl methyl sites for hydroxylation is 1. The summed E-state index contributed by atoms with van der Waals surface area (Å²) in [6.45, 7) is 9.47. The summed E-state index contributed by atoms with van der Waals surface area (Å²) in [6.07, 6.45) is 3.47. The number of likely N-dealkylation sites (N-methyl/N-ethyl adjacent to an activating group) is 1. The predicted octanol–water partition coefficient (Wildman–Crippen LogP) is 4.24. The average Bonchev–Trinajstić information content (AvgIpc) is 3.66. The lowest BCUT2D eigenvalue weighted by Gasteiger charge is -2.42. The number of Topliss-reactive ketones (excluding diaryl/α,β-unsaturated/α-hetero) is 1. The molecule has 0 aromatic heterocycles. The number of hydrogen-bond acceptors (Lipinski definition) is 8. The molecule has 44 heavy (non-hydrogen) atoms. The summed E-state index contributed by atoms with van der Waals surface area (Å²) in [6, 6.07) is 3.52. The SMILES string of the molecule is CN[C@@H](C)C(=O)C[C@H]1CC(=O)N(C)c2cc(cc(C)c2Cl)C/C(C)=C/C=C/[C@@H](OC)[C@@]2(O)C[C@H](OC(=O)N2)[C@@H](C)[C@@H]2O[C@@]12C. The number of alkyl carbamates (subject to hydrolysis) is 1. The Hall–Kier alpha value is -2.76. The quantitative estimate of drug-likeness (QED) is 0.412. The van der Waals surface area contributed by atoms with Gasteiger partial charge in [0.25, 0.3) is 0 Å². The molecule has 1 aromatic rings. The van der Waals surface area contributed by atoms with Crippen LogP contribution in [-0.2, 0) is 30.2 Å². The number of hydrogen-bond donors (Lipinski definition) is 3. The number of nitrogens with one attached hydrogen (secondary N) is 2. The molecule has 2 saturated heterocycles. The number of anilines is 1. The molecular formula is C33H46ClN3O7. The second kappa shape index (κ2) is 13.3. The van der Waals surface area contributed by atoms with E-state index in [1.807, 2.05) is 45.9 Å². The molecule has 3 heterocycles. The van der Waals surface area contributed by atoms with Crippen molar-refractivity contribution in [3.8, 4) is 0 Å². The molecule has 242 valence electrons. The van der Waals surface area contributed by atoms with Crippen LogP contribution < -0.4 is 15.5 Å². The number of allylic oxidation sites excluding steroid dienone is 3. The number of methoxy groups -OCH3 is 1. The minimum atomic E-state index is -1.73. The molecule has 0 aliphatic carbocycles. The smallest absolute Gasteiger partial charge is 0.409 e. The van der Waals surface area contributed by atoms with E-state index in [0.717, 1.165) is 16.7 Å². The molecule has 10 nitrogen and oxygen atoms in total. The van der Waals surface area contributed by atoms with E-state index in [0.29, 0.717) is 17.1 Å². The molecule has 11 heteroatoms. The molecule has 2 amide bonds. The van der Waals surface area contributed by atoms with Gasteiger partial charge in [-0.05, 0) is 58.4 Å². The van der Waals surface area contributed by atoms with Crippen molar-refractivity contribution in [2.24, 2.45) is 11.8 Å². The van der Waals surface area contributed by atoms with Gasteiger partial charge in [-0.25, -0.2) is 4.79 Å². The molecule has 3 aliphatic rings. The van der Waals surface area contributed by atoms with E-state index in [4.69, 9.17) is 25.8 Å². The molecule has 1 aromatic carbocycles. The molecule has 2 fully saturated rings. The van der Waals surface area contributed by atoms with Crippen molar-refractivity contribution < 1.29 is 33.7 Å². The van der Waals surface area contributed by atoms with Crippen LogP contribution in [0, 0.1) is 18.8 Å². The zero-order valence-corrected chi connectivity index (χ0v) is 27.7. The first-order valence-corrected chi connectivity index (χ1v) is 15.5. The Morgan fingerprint density at radius 3 is 2.68 bits per heavy atom. The van der Waals surface area contributed by atoms with Crippen molar-refractivity contribution in [3.05, 3.63) is 52.1 Å². The highest BCUT2D eigenvalue weighted by Crippen LogP contribution is 2.51. The number of aliphatic hydroxyl groups is 1. The largest absolute Gasteiger partial charge is 0.446 e. The van der Waals surface area contributed by atoms with Crippen LogP contribution >= 0.6 is 11.6 Å². The van der Waals surface area contributed by atoms with E-state index >= 15 is 0 Å². The lowest BCUT2D eigenvalue weighted by molar-refractivity contribution is -0.142. The predicted molar refractivity (Wildman–Crippen MR) is 169 cm³/mol. The van der Waals surface area contributed by atoms with Gasteiger partial charge >= 0.3 is 6.09 Å². The maximum absolute atomic E-state index is 13.9. The monoisotopic (exact) mass is 631 g/mol. The number of nitrogens with zero attached hydrogens (tertiary/aromatic N) is 1. The third-order valence-corrected chi connectivity index (χ3v) is 10.0. The van der Waals surface area contributed by atoms with Crippen molar-refractivity contribution in [1.29, 1.82) is 0 Å². The molecule has 0 unspecified atom stereocenters. The van der Waals surface area contributed by atoms with Crippen LogP contribution in [0.1, 0.15) is 58.1 Å². The third kappa shape index (κ3) is 7.05. The molecule has 0 spiro atoms. The highest BCUT2D eigenvalue weighted by atomic mass is 35.5. The standard InChI is InChI=1S/C33H46ClN3O7/c1-18-10-9-11-27(42-8)33(41)17-26(43-31(40)36-33)20(3)30-32(5,44-30)23(15-25(38)21(4)35-6)16-28(39)37(7)24-14-22(12-18)13-19(2)29(24)34/h9-11,13-14,20-21,23,26-27,30,35,41H,12,15-17H2,1-8H3,(H,36,40)/b11-9+,18-10+/t20-,21+,23+,26+,27-,30+,32+,33+/m1/s1. The zero-order chi connectivity index (χ0) is 32.6. The van der Waals surface area contributed by atoms with Crippen LogP contribution in [-0.4, -0.2) is 79.8 Å². The van der Waals surface area contributed by atoms with Gasteiger partial charge in [0.15, 0.2) is 5.72 Å². The lowest BCUT2D eigenvalue weighted by atomic mass is 9.78. The van der Waals surface area contributed by atoms with E-state index in [9.17, 15) is 19.5 Å². The van der Waals surface area contributed by atoms with E-state index < -0.39 is 47.7 Å². The van der Waals surface area contributed by atoms with Crippen molar-refractivity contribution in [1.82, 2.24) is 10.6 Å². The number of epoxide rings is 1. The first-order chi connectivity index (χ1) is 20.6. The molecule has 0 saturated carbocycles. The number of amides is 2. The number of rotatable bonds is 5. The molecule has 0 radical (unpaired) electrons. The summed E-state index contributed by atoms with van der Waals surface area (Å²) < 4.78 is 17.6. The van der Waals surface area contributed by atoms with Crippen molar-refractivity contribution in [2.45, 2.75) is 96.0 Å². The Labute approximate surface area is 265 Å². The fourth-order valence-corrected chi connectivity index (χ4v) is 6.70. The van der Waals surface area contributed by atoms with Crippen molar-refractivity contribution in [3.63, 3.8) is 0 Å². The van der Waals surface area contributed by atoms with Gasteiger partial charge in [0.1, 0.15) is 18.0 Å². The number of carbonyl (C=O) groups is 3. The normalized spacial score (nSPS) is 35.5. The number of carbonyl (C=O) groups excluding carboxylic acids is 3. The average molecular weight is 632 g/mol. The summed E-state index contributed by atoms with van der Waals surface area (Å²) in [7, 11) is 4.89. The fourth-order valence-electron chi connectivity index (χ4n) is 6.46. The molecule has 8 atom stereocenters. The minimum absolute atomic E-state index is 0.0370. The summed E-state index contributed by atoms with van der Waals surface area (Å²) in [5.41, 5.74) is 0.867. The van der Waals surface area contributed by atoms with Gasteiger partial charge in [-0.3, -0.25) is 14.9 Å². The van der Waals surface area contributed by atoms with E-state index in [1.54, 1.807) is 38.1 Å². The number of fused-ring (bicyclic) bond motifs is 5. The number of ketones is 1. The van der Waals surface area contributed by atoms with Crippen LogP contribution in [0.3, 0.4) is 0 Å². The molecule has 4 rings (SSSR count). The van der Waals surface area contributed by atoms with Gasteiger partial charge in [0.05, 0.1) is 28.5 Å². The summed E-state index contributed by atoms with van der Waals surface area (Å²) in [5, 5.41) is 17.6. The van der Waals surface area contributed by atoms with Gasteiger partial charge in [-0.15, -0.1) is 0 Å². The van der Waals surface area contributed by atoms with Crippen molar-refractivity contribution >= 4 is 35.1 Å². The molecule has 3 aliphatic heterocycles. The second-order valence-corrected chi connectivity index (χ2v) is 13.2. The van der Waals surface area contributed by atoms with Crippen LogP contribution in [0.2, 0.25) is 5.02 Å². The molecule has 3 N–H and O–H groups in total. The Morgan fingerprint density at radius 2 is 2.02 bits per heavy atom. The second-order valence-electron chi connectivity index (χ2n) is 12.8. The Morgan fingerprint density at radius 1 is 1.32 bits per heavy atom. The van der Waals surface area contributed by atoms with Gasteiger partial charge < -0.3 is 29.5 Å². The van der Waals surface area contributed by atoms with E-state index in [1.165, 1.54) is 7.11 Å². The van der Waals surface area contributed by atoms with Crippen molar-refractivity contribution in [2.75, 3.05) is 26.1 Å². The van der Waals surface area contributed by atoms with Crippen LogP contribution in [0.25, 0.3) is 0 Å². The van der Waals surface area contributed by atoms with Crippen LogP contribution in [0.5, 0.6) is 0 Å². The van der Waals surface area contributed by atoms with Crippen LogP contribution in [0.15, 0.2) is 35.9 Å². The maximum Gasteiger partial charge on any atom is 0.409 e. The topological polar surface area (TPSA) is 130 Å². The minimum Gasteiger partial charge on any atom is -0.446 e.